The van der Waals surface area contributed by atoms with Crippen LogP contribution >= 0.6 is 0 Å². The van der Waals surface area contributed by atoms with Crippen molar-refractivity contribution < 1.29 is 9.90 Å². The van der Waals surface area contributed by atoms with Crippen molar-refractivity contribution in [3.05, 3.63) is 35.4 Å². The van der Waals surface area contributed by atoms with Crippen LogP contribution in [-0.4, -0.2) is 17.6 Å². The van der Waals surface area contributed by atoms with Gasteiger partial charge in [-0.05, 0) is 43.0 Å². The molecule has 2 N–H and O–H groups in total. The van der Waals surface area contributed by atoms with Crippen molar-refractivity contribution in [1.29, 1.82) is 0 Å². The molecule has 2 atom stereocenters. The Kier molecular flexibility index (Phi) is 3.25. The Morgan fingerprint density at radius 1 is 1.50 bits per heavy atom. The molecular formula is C13H17NO2. The van der Waals surface area contributed by atoms with Gasteiger partial charge in [-0.25, -0.2) is 4.79 Å². The summed E-state index contributed by atoms with van der Waals surface area (Å²) in [5, 5.41) is 12.4. The van der Waals surface area contributed by atoms with Gasteiger partial charge in [0.15, 0.2) is 0 Å². The molecule has 3 heteroatoms. The van der Waals surface area contributed by atoms with Crippen LogP contribution in [0.5, 0.6) is 0 Å². The van der Waals surface area contributed by atoms with Gasteiger partial charge in [0.2, 0.25) is 0 Å². The van der Waals surface area contributed by atoms with Crippen molar-refractivity contribution in [3.8, 4) is 0 Å². The minimum absolute atomic E-state index is 0.308. The molecule has 0 aromatic heterocycles. The zero-order chi connectivity index (χ0) is 11.5. The molecule has 1 saturated heterocycles. The van der Waals surface area contributed by atoms with Crippen molar-refractivity contribution in [2.75, 3.05) is 6.54 Å². The van der Waals surface area contributed by atoms with Crippen LogP contribution in [0.3, 0.4) is 0 Å². The Morgan fingerprint density at radius 3 is 3.00 bits per heavy atom. The highest BCUT2D eigenvalue weighted by Gasteiger charge is 2.20. The summed E-state index contributed by atoms with van der Waals surface area (Å²) >= 11 is 0. The second kappa shape index (κ2) is 4.66. The van der Waals surface area contributed by atoms with Gasteiger partial charge in [0, 0.05) is 6.04 Å². The van der Waals surface area contributed by atoms with Crippen LogP contribution in [0.15, 0.2) is 24.3 Å². The monoisotopic (exact) mass is 219 g/mol. The summed E-state index contributed by atoms with van der Waals surface area (Å²) < 4.78 is 0. The van der Waals surface area contributed by atoms with Gasteiger partial charge in [-0.2, -0.15) is 0 Å². The Hall–Kier alpha value is -1.35. The highest BCUT2D eigenvalue weighted by molar-refractivity contribution is 5.87. The predicted molar refractivity (Wildman–Crippen MR) is 62.5 cm³/mol. The predicted octanol–water partition coefficient (Wildman–Crippen LogP) is 2.45. The fourth-order valence-corrected chi connectivity index (χ4v) is 2.25. The number of carboxylic acid groups (broad SMARTS) is 1. The van der Waals surface area contributed by atoms with Crippen molar-refractivity contribution in [2.24, 2.45) is 5.92 Å². The average Bonchev–Trinajstić information content (AvgIpc) is 2.29. The largest absolute Gasteiger partial charge is 0.478 e. The molecular weight excluding hydrogens is 202 g/mol. The van der Waals surface area contributed by atoms with E-state index in [1.807, 2.05) is 12.1 Å². The summed E-state index contributed by atoms with van der Waals surface area (Å²) in [5.41, 5.74) is 1.46. The fourth-order valence-electron chi connectivity index (χ4n) is 2.25. The van der Waals surface area contributed by atoms with Gasteiger partial charge in [0.05, 0.1) is 5.56 Å². The summed E-state index contributed by atoms with van der Waals surface area (Å²) in [5.74, 6) is -0.148. The number of nitrogens with one attached hydrogen (secondary N) is 1. The lowest BCUT2D eigenvalue weighted by molar-refractivity contribution is 0.0696. The van der Waals surface area contributed by atoms with E-state index in [0.717, 1.165) is 18.5 Å². The lowest BCUT2D eigenvalue weighted by atomic mass is 9.89. The van der Waals surface area contributed by atoms with Crippen LogP contribution in [0.25, 0.3) is 0 Å². The van der Waals surface area contributed by atoms with E-state index in [9.17, 15) is 4.79 Å². The van der Waals surface area contributed by atoms with E-state index in [0.29, 0.717) is 17.5 Å². The van der Waals surface area contributed by atoms with Gasteiger partial charge in [0.25, 0.3) is 0 Å². The van der Waals surface area contributed by atoms with Gasteiger partial charge in [0.1, 0.15) is 0 Å². The number of aromatic carboxylic acids is 1. The zero-order valence-corrected chi connectivity index (χ0v) is 9.44. The Labute approximate surface area is 95.5 Å². The minimum Gasteiger partial charge on any atom is -0.478 e. The standard InChI is InChI=1S/C13H17NO2/c1-9-5-6-14-12(7-9)10-3-2-4-11(8-10)13(15)16/h2-4,8-9,12,14H,5-7H2,1H3,(H,15,16). The zero-order valence-electron chi connectivity index (χ0n) is 9.44. The first-order valence-corrected chi connectivity index (χ1v) is 5.73. The first kappa shape index (κ1) is 11.1. The molecule has 0 spiro atoms. The highest BCUT2D eigenvalue weighted by Crippen LogP contribution is 2.27. The van der Waals surface area contributed by atoms with Crippen LogP contribution in [0, 0.1) is 5.92 Å². The third kappa shape index (κ3) is 2.42. The Bertz CT molecular complexity index is 389. The summed E-state index contributed by atoms with van der Waals surface area (Å²) in [4.78, 5) is 10.9. The molecule has 0 amide bonds. The lowest BCUT2D eigenvalue weighted by Gasteiger charge is -2.28. The number of carboxylic acids is 1. The van der Waals surface area contributed by atoms with Crippen molar-refractivity contribution in [2.45, 2.75) is 25.8 Å². The van der Waals surface area contributed by atoms with Crippen molar-refractivity contribution >= 4 is 5.97 Å². The molecule has 1 aromatic rings. The van der Waals surface area contributed by atoms with E-state index in [2.05, 4.69) is 12.2 Å². The molecule has 1 heterocycles. The van der Waals surface area contributed by atoms with E-state index < -0.39 is 5.97 Å². The summed E-state index contributed by atoms with van der Waals surface area (Å²) in [6.07, 6.45) is 2.29. The van der Waals surface area contributed by atoms with E-state index in [-0.39, 0.29) is 0 Å². The maximum absolute atomic E-state index is 10.9. The molecule has 3 nitrogen and oxygen atoms in total. The van der Waals surface area contributed by atoms with Crippen molar-refractivity contribution in [3.63, 3.8) is 0 Å². The molecule has 1 fully saturated rings. The van der Waals surface area contributed by atoms with Crippen molar-refractivity contribution in [1.82, 2.24) is 5.32 Å². The number of carbonyl (C=O) groups is 1. The third-order valence-electron chi connectivity index (χ3n) is 3.20. The second-order valence-corrected chi connectivity index (χ2v) is 4.57. The Morgan fingerprint density at radius 2 is 2.31 bits per heavy atom. The normalized spacial score (nSPS) is 25.3. The fraction of sp³-hybridized carbons (Fsp3) is 0.462. The maximum atomic E-state index is 10.9. The van der Waals surface area contributed by atoms with Crippen LogP contribution < -0.4 is 5.32 Å². The van der Waals surface area contributed by atoms with E-state index in [1.165, 1.54) is 6.42 Å². The van der Waals surface area contributed by atoms with Crippen LogP contribution in [0.1, 0.15) is 41.7 Å². The molecule has 0 radical (unpaired) electrons. The van der Waals surface area contributed by atoms with Crippen LogP contribution in [-0.2, 0) is 0 Å². The SMILES string of the molecule is CC1CCNC(c2cccc(C(=O)O)c2)C1. The molecule has 0 bridgehead atoms. The first-order chi connectivity index (χ1) is 7.66. The van der Waals surface area contributed by atoms with Gasteiger partial charge in [-0.1, -0.05) is 19.1 Å². The molecule has 1 aromatic carbocycles. The van der Waals surface area contributed by atoms with E-state index in [1.54, 1.807) is 12.1 Å². The first-order valence-electron chi connectivity index (χ1n) is 5.73. The topological polar surface area (TPSA) is 49.3 Å². The van der Waals surface area contributed by atoms with E-state index >= 15 is 0 Å². The maximum Gasteiger partial charge on any atom is 0.335 e. The molecule has 0 saturated carbocycles. The second-order valence-electron chi connectivity index (χ2n) is 4.57. The lowest BCUT2D eigenvalue weighted by Crippen LogP contribution is -2.30. The molecule has 16 heavy (non-hydrogen) atoms. The van der Waals surface area contributed by atoms with Crippen LogP contribution in [0.2, 0.25) is 0 Å². The number of hydrogen-bond acceptors (Lipinski definition) is 2. The number of piperidine rings is 1. The number of rotatable bonds is 2. The minimum atomic E-state index is -0.856. The van der Waals surface area contributed by atoms with Gasteiger partial charge >= 0.3 is 5.97 Å². The average molecular weight is 219 g/mol. The van der Waals surface area contributed by atoms with Gasteiger partial charge < -0.3 is 10.4 Å². The van der Waals surface area contributed by atoms with Crippen LogP contribution in [0.4, 0.5) is 0 Å². The molecule has 0 aliphatic carbocycles. The highest BCUT2D eigenvalue weighted by atomic mass is 16.4. The van der Waals surface area contributed by atoms with Gasteiger partial charge in [-0.3, -0.25) is 0 Å². The van der Waals surface area contributed by atoms with E-state index in [4.69, 9.17) is 5.11 Å². The summed E-state index contributed by atoms with van der Waals surface area (Å²) in [6.45, 7) is 3.26. The molecule has 86 valence electrons. The molecule has 1 aliphatic rings. The molecule has 1 aliphatic heterocycles. The number of hydrogen-bond donors (Lipinski definition) is 2. The molecule has 2 unspecified atom stereocenters. The quantitative estimate of drug-likeness (QED) is 0.803. The van der Waals surface area contributed by atoms with Gasteiger partial charge in [-0.15, -0.1) is 0 Å². The Balaban J connectivity index is 2.19. The third-order valence-corrected chi connectivity index (χ3v) is 3.20. The smallest absolute Gasteiger partial charge is 0.335 e. The number of benzene rings is 1. The summed E-state index contributed by atoms with van der Waals surface area (Å²) in [7, 11) is 0. The summed E-state index contributed by atoms with van der Waals surface area (Å²) in [6, 6.07) is 7.54. The molecule has 2 rings (SSSR count).